The third-order valence-electron chi connectivity index (χ3n) is 2.72. The predicted octanol–water partition coefficient (Wildman–Crippen LogP) is 1.12. The van der Waals surface area contributed by atoms with Crippen LogP contribution in [0.4, 0.5) is 0 Å². The highest BCUT2D eigenvalue weighted by molar-refractivity contribution is 5.76. The van der Waals surface area contributed by atoms with Crippen LogP contribution >= 0.6 is 0 Å². The summed E-state index contributed by atoms with van der Waals surface area (Å²) in [6, 6.07) is -0.0802. The minimum atomic E-state index is -0.831. The fourth-order valence-electron chi connectivity index (χ4n) is 1.57. The minimum Gasteiger partial charge on any atom is -0.481 e. The second kappa shape index (κ2) is 8.98. The molecule has 0 spiro atoms. The monoisotopic (exact) mass is 244 g/mol. The molecular formula is C12H24N2O3. The maximum absolute atomic E-state index is 11.5. The molecule has 0 rings (SSSR count). The fourth-order valence-corrected chi connectivity index (χ4v) is 1.57. The highest BCUT2D eigenvalue weighted by atomic mass is 16.4. The van der Waals surface area contributed by atoms with Crippen molar-refractivity contribution < 1.29 is 14.7 Å². The number of carboxylic acid groups (broad SMARTS) is 1. The summed E-state index contributed by atoms with van der Waals surface area (Å²) in [6.07, 6.45) is 2.81. The first-order valence-corrected chi connectivity index (χ1v) is 6.17. The Hall–Kier alpha value is -1.10. The van der Waals surface area contributed by atoms with E-state index in [0.29, 0.717) is 25.3 Å². The third-order valence-corrected chi connectivity index (χ3v) is 2.72. The van der Waals surface area contributed by atoms with E-state index in [1.807, 2.05) is 6.92 Å². The Kier molecular flexibility index (Phi) is 8.40. The smallest absolute Gasteiger partial charge is 0.303 e. The van der Waals surface area contributed by atoms with Crippen LogP contribution in [-0.4, -0.2) is 29.6 Å². The van der Waals surface area contributed by atoms with Crippen LogP contribution in [0.25, 0.3) is 0 Å². The topological polar surface area (TPSA) is 92.4 Å². The zero-order valence-corrected chi connectivity index (χ0v) is 10.7. The molecule has 0 saturated carbocycles. The van der Waals surface area contributed by atoms with Gasteiger partial charge in [-0.1, -0.05) is 6.92 Å². The highest BCUT2D eigenvalue weighted by Gasteiger charge is 2.10. The lowest BCUT2D eigenvalue weighted by molar-refractivity contribution is -0.137. The number of aliphatic carboxylic acids is 1. The number of rotatable bonds is 9. The van der Waals surface area contributed by atoms with Crippen molar-refractivity contribution in [2.24, 2.45) is 11.7 Å². The van der Waals surface area contributed by atoms with Gasteiger partial charge in [-0.3, -0.25) is 9.59 Å². The summed E-state index contributed by atoms with van der Waals surface area (Å²) in [5, 5.41) is 11.3. The molecule has 0 fully saturated rings. The van der Waals surface area contributed by atoms with E-state index >= 15 is 0 Å². The van der Waals surface area contributed by atoms with E-state index < -0.39 is 5.97 Å². The van der Waals surface area contributed by atoms with Crippen LogP contribution in [-0.2, 0) is 9.59 Å². The molecule has 0 aliphatic rings. The van der Waals surface area contributed by atoms with Crippen molar-refractivity contribution in [3.63, 3.8) is 0 Å². The molecule has 0 aliphatic carbocycles. The maximum Gasteiger partial charge on any atom is 0.303 e. The van der Waals surface area contributed by atoms with Crippen LogP contribution < -0.4 is 11.1 Å². The Morgan fingerprint density at radius 3 is 2.35 bits per heavy atom. The van der Waals surface area contributed by atoms with Crippen molar-refractivity contribution in [1.82, 2.24) is 5.32 Å². The van der Waals surface area contributed by atoms with Crippen LogP contribution in [0, 0.1) is 5.92 Å². The van der Waals surface area contributed by atoms with Crippen LogP contribution in [0.15, 0.2) is 0 Å². The van der Waals surface area contributed by atoms with Crippen molar-refractivity contribution in [2.45, 2.75) is 52.0 Å². The molecule has 2 atom stereocenters. The quantitative estimate of drug-likeness (QED) is 0.566. The zero-order valence-electron chi connectivity index (χ0n) is 10.7. The molecule has 0 bridgehead atoms. The Balaban J connectivity index is 3.67. The molecule has 2 unspecified atom stereocenters. The van der Waals surface area contributed by atoms with Crippen LogP contribution in [0.5, 0.6) is 0 Å². The molecule has 0 heterocycles. The zero-order chi connectivity index (χ0) is 13.3. The Bertz CT molecular complexity index is 244. The molecule has 4 N–H and O–H groups in total. The minimum absolute atomic E-state index is 0.00763. The number of carbonyl (C=O) groups excluding carboxylic acids is 1. The van der Waals surface area contributed by atoms with Gasteiger partial charge >= 0.3 is 5.97 Å². The van der Waals surface area contributed by atoms with Gasteiger partial charge in [-0.15, -0.1) is 0 Å². The average molecular weight is 244 g/mol. The van der Waals surface area contributed by atoms with E-state index in [-0.39, 0.29) is 18.4 Å². The Labute approximate surface area is 103 Å². The van der Waals surface area contributed by atoms with Gasteiger partial charge in [0.25, 0.3) is 0 Å². The number of nitrogens with one attached hydrogen (secondary N) is 1. The molecule has 1 amide bonds. The molecule has 17 heavy (non-hydrogen) atoms. The SMILES string of the molecule is CC(CCN)CCC(=O)NC(C)CCC(=O)O. The predicted molar refractivity (Wildman–Crippen MR) is 66.5 cm³/mol. The molecule has 0 aromatic heterocycles. The molecular weight excluding hydrogens is 220 g/mol. The van der Waals surface area contributed by atoms with Crippen LogP contribution in [0.2, 0.25) is 0 Å². The number of hydrogen-bond acceptors (Lipinski definition) is 3. The van der Waals surface area contributed by atoms with E-state index in [0.717, 1.165) is 12.8 Å². The molecule has 100 valence electrons. The van der Waals surface area contributed by atoms with Crippen molar-refractivity contribution in [3.8, 4) is 0 Å². The summed E-state index contributed by atoms with van der Waals surface area (Å²) >= 11 is 0. The summed E-state index contributed by atoms with van der Waals surface area (Å²) < 4.78 is 0. The van der Waals surface area contributed by atoms with Gasteiger partial charge in [-0.25, -0.2) is 0 Å². The molecule has 5 heteroatoms. The van der Waals surface area contributed by atoms with Gasteiger partial charge in [0, 0.05) is 18.9 Å². The summed E-state index contributed by atoms with van der Waals surface area (Å²) in [5.41, 5.74) is 5.43. The first kappa shape index (κ1) is 15.9. The van der Waals surface area contributed by atoms with Gasteiger partial charge in [0.1, 0.15) is 0 Å². The molecule has 0 aromatic carbocycles. The van der Waals surface area contributed by atoms with Crippen molar-refractivity contribution >= 4 is 11.9 Å². The summed E-state index contributed by atoms with van der Waals surface area (Å²) in [7, 11) is 0. The van der Waals surface area contributed by atoms with E-state index in [4.69, 9.17) is 10.8 Å². The van der Waals surface area contributed by atoms with E-state index in [2.05, 4.69) is 12.2 Å². The molecule has 0 aromatic rings. The van der Waals surface area contributed by atoms with Gasteiger partial charge in [-0.2, -0.15) is 0 Å². The lowest BCUT2D eigenvalue weighted by Gasteiger charge is -2.14. The second-order valence-electron chi connectivity index (χ2n) is 4.62. The van der Waals surface area contributed by atoms with Crippen LogP contribution in [0.3, 0.4) is 0 Å². The maximum atomic E-state index is 11.5. The molecule has 0 saturated heterocycles. The third kappa shape index (κ3) is 9.81. The van der Waals surface area contributed by atoms with Gasteiger partial charge in [0.2, 0.25) is 5.91 Å². The molecule has 0 radical (unpaired) electrons. The number of nitrogens with two attached hydrogens (primary N) is 1. The van der Waals surface area contributed by atoms with E-state index in [1.165, 1.54) is 0 Å². The van der Waals surface area contributed by atoms with E-state index in [1.54, 1.807) is 0 Å². The number of carbonyl (C=O) groups is 2. The van der Waals surface area contributed by atoms with Crippen molar-refractivity contribution in [3.05, 3.63) is 0 Å². The molecule has 5 nitrogen and oxygen atoms in total. The Morgan fingerprint density at radius 1 is 1.18 bits per heavy atom. The Morgan fingerprint density at radius 2 is 1.82 bits per heavy atom. The van der Waals surface area contributed by atoms with E-state index in [9.17, 15) is 9.59 Å². The molecule has 0 aliphatic heterocycles. The first-order valence-electron chi connectivity index (χ1n) is 6.17. The van der Waals surface area contributed by atoms with Gasteiger partial charge in [0.15, 0.2) is 0 Å². The lowest BCUT2D eigenvalue weighted by atomic mass is 10.0. The van der Waals surface area contributed by atoms with Gasteiger partial charge in [0.05, 0.1) is 0 Å². The average Bonchev–Trinajstić information content (AvgIpc) is 2.24. The second-order valence-corrected chi connectivity index (χ2v) is 4.62. The fraction of sp³-hybridized carbons (Fsp3) is 0.833. The van der Waals surface area contributed by atoms with Gasteiger partial charge in [-0.05, 0) is 38.6 Å². The largest absolute Gasteiger partial charge is 0.481 e. The first-order chi connectivity index (χ1) is 7.95. The lowest BCUT2D eigenvalue weighted by Crippen LogP contribution is -2.33. The van der Waals surface area contributed by atoms with Crippen LogP contribution in [0.1, 0.15) is 46.0 Å². The van der Waals surface area contributed by atoms with Crippen molar-refractivity contribution in [2.75, 3.05) is 6.54 Å². The van der Waals surface area contributed by atoms with Crippen molar-refractivity contribution in [1.29, 1.82) is 0 Å². The number of hydrogen-bond donors (Lipinski definition) is 3. The summed E-state index contributed by atoms with van der Waals surface area (Å²) in [5.74, 6) is -0.380. The standard InChI is InChI=1S/C12H24N2O3/c1-9(7-8-13)3-5-11(15)14-10(2)4-6-12(16)17/h9-10H,3-8,13H2,1-2H3,(H,14,15)(H,16,17). The van der Waals surface area contributed by atoms with Gasteiger partial charge < -0.3 is 16.2 Å². The number of carboxylic acids is 1. The summed E-state index contributed by atoms with van der Waals surface area (Å²) in [6.45, 7) is 4.55. The highest BCUT2D eigenvalue weighted by Crippen LogP contribution is 2.09. The summed E-state index contributed by atoms with van der Waals surface area (Å²) in [4.78, 5) is 21.9. The number of amides is 1. The normalized spacial score (nSPS) is 14.1.